The van der Waals surface area contributed by atoms with Crippen LogP contribution in [-0.4, -0.2) is 53.7 Å². The number of carbonyl (C=O) groups excluding carboxylic acids is 1. The van der Waals surface area contributed by atoms with Crippen molar-refractivity contribution in [1.82, 2.24) is 4.57 Å². The molecule has 1 aliphatic heterocycles. The number of methoxy groups -OCH3 is 1. The lowest BCUT2D eigenvalue weighted by Gasteiger charge is -2.30. The van der Waals surface area contributed by atoms with E-state index in [0.29, 0.717) is 0 Å². The van der Waals surface area contributed by atoms with Crippen LogP contribution in [0, 0.1) is 0 Å². The maximum atomic E-state index is 11.1. The molecule has 14 heavy (non-hydrogen) atoms. The number of hydrogen-bond donors (Lipinski definition) is 0. The average Bonchev–Trinajstić information content (AvgIpc) is 2.61. The molecule has 0 aromatic carbocycles. The van der Waals surface area contributed by atoms with Crippen LogP contribution in [-0.2, 0) is 18.4 Å². The molecule has 1 heterocycles. The number of carbonyl (C=O) groups is 1. The van der Waals surface area contributed by atoms with Crippen molar-refractivity contribution in [2.45, 2.75) is 12.5 Å². The molecule has 0 radical (unpaired) electrons. The highest BCUT2D eigenvalue weighted by atomic mass is 28.4. The van der Waals surface area contributed by atoms with Gasteiger partial charge in [0.1, 0.15) is 0 Å². The van der Waals surface area contributed by atoms with Gasteiger partial charge in [0.2, 0.25) is 0 Å². The molecule has 0 amide bonds. The fraction of sp³-hybridized carbons (Fsp3) is 0.875. The molecule has 1 aliphatic rings. The van der Waals surface area contributed by atoms with Gasteiger partial charge in [-0.15, -0.1) is 0 Å². The van der Waals surface area contributed by atoms with Gasteiger partial charge in [-0.05, 0) is 13.0 Å². The smallest absolute Gasteiger partial charge is 0.427 e. The van der Waals surface area contributed by atoms with Gasteiger partial charge in [-0.2, -0.15) is 0 Å². The van der Waals surface area contributed by atoms with Crippen LogP contribution < -0.4 is 0 Å². The molecule has 1 rings (SSSR count). The molecule has 0 saturated carbocycles. The lowest BCUT2D eigenvalue weighted by molar-refractivity contribution is -0.141. The van der Waals surface area contributed by atoms with Crippen LogP contribution in [0.3, 0.4) is 0 Å². The molecule has 5 nitrogen and oxygen atoms in total. The molecule has 0 aliphatic carbocycles. The summed E-state index contributed by atoms with van der Waals surface area (Å²) in [6.07, 6.45) is 1.02. The SMILES string of the molecule is COC(=O)CN1CCC[Si]1(OC)OC. The zero-order chi connectivity index (χ0) is 10.6. The van der Waals surface area contributed by atoms with Crippen LogP contribution in [0.2, 0.25) is 6.04 Å². The van der Waals surface area contributed by atoms with Crippen LogP contribution in [0.25, 0.3) is 0 Å². The van der Waals surface area contributed by atoms with E-state index >= 15 is 0 Å². The Morgan fingerprint density at radius 1 is 1.36 bits per heavy atom. The topological polar surface area (TPSA) is 48.0 Å². The number of esters is 1. The summed E-state index contributed by atoms with van der Waals surface area (Å²) in [7, 11) is 2.42. The van der Waals surface area contributed by atoms with Gasteiger partial charge in [-0.3, -0.25) is 9.36 Å². The average molecular weight is 219 g/mol. The van der Waals surface area contributed by atoms with Crippen LogP contribution in [0.4, 0.5) is 0 Å². The van der Waals surface area contributed by atoms with Gasteiger partial charge in [-0.1, -0.05) is 0 Å². The van der Waals surface area contributed by atoms with E-state index < -0.39 is 8.72 Å². The van der Waals surface area contributed by atoms with Crippen molar-refractivity contribution in [1.29, 1.82) is 0 Å². The van der Waals surface area contributed by atoms with Gasteiger partial charge in [0.05, 0.1) is 13.7 Å². The highest BCUT2D eigenvalue weighted by Gasteiger charge is 2.48. The summed E-state index contributed by atoms with van der Waals surface area (Å²) in [6.45, 7) is 1.12. The number of nitrogens with zero attached hydrogens (tertiary/aromatic N) is 1. The maximum absolute atomic E-state index is 11.1. The minimum atomic E-state index is -2.26. The largest absolute Gasteiger partial charge is 0.468 e. The monoisotopic (exact) mass is 219 g/mol. The second-order valence-corrected chi connectivity index (χ2v) is 6.60. The Morgan fingerprint density at radius 2 is 2.00 bits per heavy atom. The highest BCUT2D eigenvalue weighted by molar-refractivity contribution is 6.65. The highest BCUT2D eigenvalue weighted by Crippen LogP contribution is 2.26. The van der Waals surface area contributed by atoms with Gasteiger partial charge < -0.3 is 13.6 Å². The van der Waals surface area contributed by atoms with E-state index in [1.165, 1.54) is 7.11 Å². The predicted molar refractivity (Wildman–Crippen MR) is 52.8 cm³/mol. The Hall–Kier alpha value is -0.433. The van der Waals surface area contributed by atoms with Crippen LogP contribution in [0.1, 0.15) is 6.42 Å². The molecular formula is C8H17NO4Si. The number of hydrogen-bond acceptors (Lipinski definition) is 5. The second kappa shape index (κ2) is 4.88. The quantitative estimate of drug-likeness (QED) is 0.495. The molecule has 0 atom stereocenters. The molecule has 0 unspecified atom stereocenters. The van der Waals surface area contributed by atoms with Crippen molar-refractivity contribution in [3.63, 3.8) is 0 Å². The molecule has 1 fully saturated rings. The molecule has 0 N–H and O–H groups in total. The maximum Gasteiger partial charge on any atom is 0.427 e. The Kier molecular flexibility index (Phi) is 4.06. The van der Waals surface area contributed by atoms with E-state index in [0.717, 1.165) is 19.0 Å². The molecular weight excluding hydrogens is 202 g/mol. The molecule has 0 aromatic heterocycles. The lowest BCUT2D eigenvalue weighted by Crippen LogP contribution is -2.54. The van der Waals surface area contributed by atoms with E-state index in [9.17, 15) is 4.79 Å². The normalized spacial score (nSPS) is 21.1. The van der Waals surface area contributed by atoms with Crippen molar-refractivity contribution in [3.8, 4) is 0 Å². The fourth-order valence-corrected chi connectivity index (χ4v) is 4.67. The minimum Gasteiger partial charge on any atom is -0.468 e. The van der Waals surface area contributed by atoms with Gasteiger partial charge in [-0.25, -0.2) is 0 Å². The molecule has 82 valence electrons. The van der Waals surface area contributed by atoms with E-state index in [1.54, 1.807) is 14.2 Å². The van der Waals surface area contributed by atoms with Crippen LogP contribution >= 0.6 is 0 Å². The summed E-state index contributed by atoms with van der Waals surface area (Å²) in [5.41, 5.74) is 0. The first-order valence-electron chi connectivity index (χ1n) is 4.60. The molecule has 0 aromatic rings. The first kappa shape index (κ1) is 11.6. The third kappa shape index (κ3) is 2.14. The molecule has 1 saturated heterocycles. The first-order chi connectivity index (χ1) is 6.68. The molecule has 0 bridgehead atoms. The molecule has 0 spiro atoms. The second-order valence-electron chi connectivity index (χ2n) is 3.22. The van der Waals surface area contributed by atoms with Gasteiger partial charge in [0.25, 0.3) is 0 Å². The van der Waals surface area contributed by atoms with Crippen molar-refractivity contribution < 1.29 is 18.4 Å². The van der Waals surface area contributed by atoms with Crippen LogP contribution in [0.5, 0.6) is 0 Å². The Bertz CT molecular complexity index is 208. The summed E-state index contributed by atoms with van der Waals surface area (Å²) in [6, 6.07) is 0.914. The third-order valence-corrected chi connectivity index (χ3v) is 6.19. The van der Waals surface area contributed by atoms with Crippen LogP contribution in [0.15, 0.2) is 0 Å². The summed E-state index contributed by atoms with van der Waals surface area (Å²) >= 11 is 0. The minimum absolute atomic E-state index is 0.238. The Balaban J connectivity index is 2.62. The van der Waals surface area contributed by atoms with Crippen molar-refractivity contribution >= 4 is 14.7 Å². The van der Waals surface area contributed by atoms with Crippen molar-refractivity contribution in [3.05, 3.63) is 0 Å². The molecule has 6 heteroatoms. The lowest BCUT2D eigenvalue weighted by atomic mass is 10.5. The Labute approximate surface area is 85.3 Å². The fourth-order valence-electron chi connectivity index (χ4n) is 1.79. The van der Waals surface area contributed by atoms with E-state index in [-0.39, 0.29) is 12.5 Å². The Morgan fingerprint density at radius 3 is 2.50 bits per heavy atom. The summed E-state index contributed by atoms with van der Waals surface area (Å²) in [4.78, 5) is 11.1. The third-order valence-electron chi connectivity index (χ3n) is 2.59. The zero-order valence-electron chi connectivity index (χ0n) is 8.91. The van der Waals surface area contributed by atoms with E-state index in [4.69, 9.17) is 8.85 Å². The van der Waals surface area contributed by atoms with Gasteiger partial charge >= 0.3 is 14.7 Å². The number of ether oxygens (including phenoxy) is 1. The predicted octanol–water partition coefficient (Wildman–Crippen LogP) is 0.0968. The summed E-state index contributed by atoms with van der Waals surface area (Å²) < 4.78 is 17.5. The van der Waals surface area contributed by atoms with Crippen molar-refractivity contribution in [2.75, 3.05) is 34.4 Å². The first-order valence-corrected chi connectivity index (χ1v) is 6.58. The van der Waals surface area contributed by atoms with Crippen molar-refractivity contribution in [2.24, 2.45) is 0 Å². The zero-order valence-corrected chi connectivity index (χ0v) is 9.91. The standard InChI is InChI=1S/C8H17NO4Si/c1-11-8(10)7-9-5-4-6-14(9,12-2)13-3/h4-7H2,1-3H3. The van der Waals surface area contributed by atoms with E-state index in [2.05, 4.69) is 4.74 Å². The summed E-state index contributed by atoms with van der Waals surface area (Å²) in [5.74, 6) is -0.238. The summed E-state index contributed by atoms with van der Waals surface area (Å²) in [5, 5.41) is 0. The van der Waals surface area contributed by atoms with E-state index in [1.807, 2.05) is 4.57 Å². The van der Waals surface area contributed by atoms with Gasteiger partial charge in [0.15, 0.2) is 0 Å². The van der Waals surface area contributed by atoms with Gasteiger partial charge in [0, 0.05) is 20.3 Å². The number of rotatable bonds is 4.